The third-order valence-electron chi connectivity index (χ3n) is 3.05. The highest BCUT2D eigenvalue weighted by Crippen LogP contribution is 2.06. The summed E-state index contributed by atoms with van der Waals surface area (Å²) in [5, 5.41) is 3.22. The Morgan fingerprint density at radius 3 is 2.76 bits per heavy atom. The Kier molecular flexibility index (Phi) is 3.47. The highest BCUT2D eigenvalue weighted by molar-refractivity contribution is 5.90. The largest absolute Gasteiger partial charge is 0.325 e. The number of nitrogens with one attached hydrogen (secondary N) is 1. The highest BCUT2D eigenvalue weighted by atomic mass is 16.2. The Morgan fingerprint density at radius 1 is 1.19 bits per heavy atom. The summed E-state index contributed by atoms with van der Waals surface area (Å²) in [6, 6.07) is 16.8. The van der Waals surface area contributed by atoms with E-state index in [1.165, 1.54) is 10.9 Å². The topological polar surface area (TPSA) is 64.0 Å². The summed E-state index contributed by atoms with van der Waals surface area (Å²) in [4.78, 5) is 28.4. The van der Waals surface area contributed by atoms with Crippen LogP contribution >= 0.6 is 0 Å². The lowest BCUT2D eigenvalue weighted by molar-refractivity contribution is -0.116. The van der Waals surface area contributed by atoms with Crippen LogP contribution in [0.4, 0.5) is 5.69 Å². The molecular weight excluding hydrogens is 266 g/mol. The van der Waals surface area contributed by atoms with Crippen molar-refractivity contribution in [1.29, 1.82) is 0 Å². The molecule has 0 aliphatic rings. The van der Waals surface area contributed by atoms with Crippen LogP contribution in [0.15, 0.2) is 59.7 Å². The second-order valence-corrected chi connectivity index (χ2v) is 4.53. The molecule has 0 fully saturated rings. The van der Waals surface area contributed by atoms with E-state index in [9.17, 15) is 9.59 Å². The molecule has 0 unspecified atom stereocenters. The monoisotopic (exact) mass is 278 g/mol. The molecule has 103 valence electrons. The van der Waals surface area contributed by atoms with Crippen LogP contribution in [0.2, 0.25) is 0 Å². The Hall–Kier alpha value is -2.95. The van der Waals surface area contributed by atoms with Gasteiger partial charge in [0.15, 0.2) is 0 Å². The fourth-order valence-corrected chi connectivity index (χ4v) is 2.04. The van der Waals surface area contributed by atoms with Crippen molar-refractivity contribution in [1.82, 2.24) is 9.55 Å². The van der Waals surface area contributed by atoms with Gasteiger partial charge in [-0.25, -0.2) is 4.98 Å². The minimum absolute atomic E-state index is 0.0741. The minimum atomic E-state index is -0.277. The molecule has 0 saturated carbocycles. The molecule has 1 amide bonds. The molecule has 0 aliphatic carbocycles. The number of hydrogen-bond donors (Lipinski definition) is 1. The first-order valence-electron chi connectivity index (χ1n) is 6.44. The summed E-state index contributed by atoms with van der Waals surface area (Å²) in [7, 11) is 0. The van der Waals surface area contributed by atoms with E-state index >= 15 is 0 Å². The molecule has 1 N–H and O–H groups in total. The second-order valence-electron chi connectivity index (χ2n) is 4.53. The molecule has 3 aromatic rings. The molecule has 5 heteroatoms. The predicted molar refractivity (Wildman–Crippen MR) is 79.9 cm³/mol. The number of rotatable bonds is 3. The van der Waals surface area contributed by atoms with Crippen molar-refractivity contribution in [3.05, 3.63) is 71.3 Å². The molecule has 1 aromatic heterocycles. The number of fused-ring (bicyclic) bond motifs is 1. The third kappa shape index (κ3) is 2.81. The van der Waals surface area contributed by atoms with Gasteiger partial charge in [-0.15, -0.1) is 0 Å². The number of para-hydroxylation sites is 1. The average molecular weight is 278 g/mol. The van der Waals surface area contributed by atoms with Gasteiger partial charge in [0.25, 0.3) is 5.56 Å². The molecule has 1 heterocycles. The van der Waals surface area contributed by atoms with E-state index in [-0.39, 0.29) is 18.0 Å². The van der Waals surface area contributed by atoms with Gasteiger partial charge in [-0.3, -0.25) is 14.2 Å². The second kappa shape index (κ2) is 5.58. The molecule has 21 heavy (non-hydrogen) atoms. The fraction of sp³-hybridized carbons (Fsp3) is 0.0625. The molecule has 5 nitrogen and oxygen atoms in total. The van der Waals surface area contributed by atoms with E-state index in [2.05, 4.69) is 16.4 Å². The maximum Gasteiger partial charge on any atom is 0.261 e. The number of carbonyl (C=O) groups excluding carboxylic acids is 1. The first kappa shape index (κ1) is 13.1. The van der Waals surface area contributed by atoms with Crippen molar-refractivity contribution in [2.24, 2.45) is 0 Å². The Morgan fingerprint density at radius 2 is 1.95 bits per heavy atom. The molecule has 0 bridgehead atoms. The zero-order valence-electron chi connectivity index (χ0n) is 11.1. The lowest BCUT2D eigenvalue weighted by Gasteiger charge is -2.07. The van der Waals surface area contributed by atoms with Crippen molar-refractivity contribution < 1.29 is 4.79 Å². The summed E-state index contributed by atoms with van der Waals surface area (Å²) < 4.78 is 1.30. The van der Waals surface area contributed by atoms with Gasteiger partial charge >= 0.3 is 0 Å². The standard InChI is InChI=1S/C16H12N3O2/c20-15(18-12-6-2-1-3-7-12)10-19-11-17-14-9-5-4-8-13(14)16(19)21/h2-9,11H,10H2,(H,18,20). The van der Waals surface area contributed by atoms with Crippen LogP contribution in [-0.2, 0) is 11.3 Å². The first-order valence-corrected chi connectivity index (χ1v) is 6.44. The van der Waals surface area contributed by atoms with Gasteiger partial charge < -0.3 is 5.32 Å². The fourth-order valence-electron chi connectivity index (χ4n) is 2.04. The Bertz CT molecular complexity index is 841. The summed E-state index contributed by atoms with van der Waals surface area (Å²) in [6.45, 7) is -0.0741. The van der Waals surface area contributed by atoms with Crippen LogP contribution in [0.25, 0.3) is 10.9 Å². The van der Waals surface area contributed by atoms with E-state index in [0.29, 0.717) is 16.6 Å². The van der Waals surface area contributed by atoms with E-state index in [4.69, 9.17) is 0 Å². The van der Waals surface area contributed by atoms with Crippen LogP contribution in [0.1, 0.15) is 0 Å². The van der Waals surface area contributed by atoms with Crippen LogP contribution in [0, 0.1) is 6.07 Å². The lowest BCUT2D eigenvalue weighted by Crippen LogP contribution is -2.27. The van der Waals surface area contributed by atoms with E-state index < -0.39 is 0 Å². The van der Waals surface area contributed by atoms with Gasteiger partial charge in [-0.2, -0.15) is 0 Å². The predicted octanol–water partition coefficient (Wildman–Crippen LogP) is 1.84. The van der Waals surface area contributed by atoms with E-state index in [0.717, 1.165) is 0 Å². The molecule has 3 rings (SSSR count). The van der Waals surface area contributed by atoms with Crippen molar-refractivity contribution in [3.63, 3.8) is 0 Å². The normalized spacial score (nSPS) is 10.5. The van der Waals surface area contributed by atoms with Gasteiger partial charge in [0.05, 0.1) is 17.2 Å². The summed E-state index contributed by atoms with van der Waals surface area (Å²) in [6.07, 6.45) is 1.39. The highest BCUT2D eigenvalue weighted by Gasteiger charge is 2.07. The summed E-state index contributed by atoms with van der Waals surface area (Å²) >= 11 is 0. The molecule has 0 atom stereocenters. The Balaban J connectivity index is 1.83. The lowest BCUT2D eigenvalue weighted by atomic mass is 10.2. The molecule has 0 aliphatic heterocycles. The average Bonchev–Trinajstić information content (AvgIpc) is 2.51. The molecule has 0 saturated heterocycles. The number of aromatic nitrogens is 2. The zero-order chi connectivity index (χ0) is 14.7. The van der Waals surface area contributed by atoms with Crippen molar-refractivity contribution in [2.75, 3.05) is 5.32 Å². The first-order chi connectivity index (χ1) is 10.2. The maximum absolute atomic E-state index is 12.3. The van der Waals surface area contributed by atoms with Gasteiger partial charge in [0.1, 0.15) is 6.54 Å². The van der Waals surface area contributed by atoms with Crippen molar-refractivity contribution >= 4 is 22.5 Å². The number of carbonyl (C=O) groups is 1. The smallest absolute Gasteiger partial charge is 0.261 e. The van der Waals surface area contributed by atoms with Gasteiger partial charge in [-0.05, 0) is 30.3 Å². The number of benzene rings is 2. The van der Waals surface area contributed by atoms with Gasteiger partial charge in [-0.1, -0.05) is 24.3 Å². The van der Waals surface area contributed by atoms with Gasteiger partial charge in [0.2, 0.25) is 5.91 Å². The number of anilines is 1. The SMILES string of the molecule is O=C(Cn1cnc2ccccc2c1=O)Nc1cc[c]cc1. The zero-order valence-corrected chi connectivity index (χ0v) is 11.1. The quantitative estimate of drug-likeness (QED) is 0.795. The van der Waals surface area contributed by atoms with Crippen LogP contribution in [0.5, 0.6) is 0 Å². The molecule has 2 aromatic carbocycles. The number of amides is 1. The summed E-state index contributed by atoms with van der Waals surface area (Å²) in [5.41, 5.74) is 1.07. The maximum atomic E-state index is 12.3. The number of nitrogens with zero attached hydrogens (tertiary/aromatic N) is 2. The third-order valence-corrected chi connectivity index (χ3v) is 3.05. The molecule has 0 spiro atoms. The summed E-state index contributed by atoms with van der Waals surface area (Å²) in [5.74, 6) is -0.277. The Labute approximate surface area is 120 Å². The van der Waals surface area contributed by atoms with Crippen LogP contribution < -0.4 is 10.9 Å². The van der Waals surface area contributed by atoms with Crippen LogP contribution in [-0.4, -0.2) is 15.5 Å². The van der Waals surface area contributed by atoms with E-state index in [1.807, 2.05) is 6.07 Å². The number of hydrogen-bond acceptors (Lipinski definition) is 3. The minimum Gasteiger partial charge on any atom is -0.325 e. The van der Waals surface area contributed by atoms with Crippen molar-refractivity contribution in [3.8, 4) is 0 Å². The molecular formula is C16H12N3O2. The van der Waals surface area contributed by atoms with Crippen molar-refractivity contribution in [2.45, 2.75) is 6.54 Å². The van der Waals surface area contributed by atoms with Crippen LogP contribution in [0.3, 0.4) is 0 Å². The van der Waals surface area contributed by atoms with Gasteiger partial charge in [0, 0.05) is 5.69 Å². The molecule has 1 radical (unpaired) electrons. The van der Waals surface area contributed by atoms with E-state index in [1.54, 1.807) is 42.5 Å².